The first-order valence-electron chi connectivity index (χ1n) is 8.20. The zero-order chi connectivity index (χ0) is 19.4. The van der Waals surface area contributed by atoms with E-state index >= 15 is 0 Å². The van der Waals surface area contributed by atoms with Gasteiger partial charge in [0.25, 0.3) is 0 Å². The summed E-state index contributed by atoms with van der Waals surface area (Å²) in [6, 6.07) is 17.6. The molecule has 0 amide bonds. The molecule has 0 bridgehead atoms. The smallest absolute Gasteiger partial charge is 0.138 e. The zero-order valence-electron chi connectivity index (χ0n) is 14.5. The van der Waals surface area contributed by atoms with Crippen LogP contribution < -0.4 is 0 Å². The van der Waals surface area contributed by atoms with Gasteiger partial charge in [-0.05, 0) is 54.4 Å². The molecular formula is C21H17Cl3OS2. The number of hydrogen-bond donors (Lipinski definition) is 1. The van der Waals surface area contributed by atoms with E-state index in [0.29, 0.717) is 10.8 Å². The second kappa shape index (κ2) is 9.49. The molecule has 0 aliphatic rings. The topological polar surface area (TPSA) is 20.2 Å². The van der Waals surface area contributed by atoms with Gasteiger partial charge in [0.2, 0.25) is 0 Å². The Morgan fingerprint density at radius 3 is 2.11 bits per heavy atom. The van der Waals surface area contributed by atoms with Gasteiger partial charge in [0.1, 0.15) is 5.75 Å². The number of benzene rings is 3. The minimum Gasteiger partial charge on any atom is -0.506 e. The van der Waals surface area contributed by atoms with Crippen molar-refractivity contribution in [1.29, 1.82) is 0 Å². The van der Waals surface area contributed by atoms with E-state index in [1.165, 1.54) is 10.5 Å². The Balaban J connectivity index is 1.72. The highest BCUT2D eigenvalue weighted by atomic mass is 35.5. The van der Waals surface area contributed by atoms with E-state index in [9.17, 15) is 5.11 Å². The second-order valence-electron chi connectivity index (χ2n) is 6.06. The summed E-state index contributed by atoms with van der Waals surface area (Å²) in [7, 11) is 0. The first-order valence-corrected chi connectivity index (χ1v) is 11.3. The first-order chi connectivity index (χ1) is 12.9. The molecule has 0 radical (unpaired) electrons. The molecule has 6 heteroatoms. The maximum absolute atomic E-state index is 10.2. The summed E-state index contributed by atoms with van der Waals surface area (Å²) in [6.07, 6.45) is 0. The average molecular weight is 456 g/mol. The molecule has 0 spiro atoms. The van der Waals surface area contributed by atoms with Crippen LogP contribution >= 0.6 is 58.3 Å². The molecule has 0 aliphatic heterocycles. The minimum absolute atomic E-state index is 0.0908. The van der Waals surface area contributed by atoms with Crippen molar-refractivity contribution in [1.82, 2.24) is 0 Å². The quantitative estimate of drug-likeness (QED) is 0.378. The molecule has 140 valence electrons. The zero-order valence-corrected chi connectivity index (χ0v) is 18.4. The molecule has 27 heavy (non-hydrogen) atoms. The number of thioether (sulfide) groups is 2. The molecule has 1 nitrogen and oxygen atoms in total. The number of aryl methyl sites for hydroxylation is 1. The van der Waals surface area contributed by atoms with Crippen molar-refractivity contribution in [2.24, 2.45) is 0 Å². The maximum atomic E-state index is 10.2. The Morgan fingerprint density at radius 1 is 0.815 bits per heavy atom. The van der Waals surface area contributed by atoms with Crippen LogP contribution in [0.3, 0.4) is 0 Å². The summed E-state index contributed by atoms with van der Waals surface area (Å²) in [4.78, 5) is 2.34. The lowest BCUT2D eigenvalue weighted by atomic mass is 10.2. The summed E-state index contributed by atoms with van der Waals surface area (Å²) in [5.41, 5.74) is 3.08. The van der Waals surface area contributed by atoms with Crippen molar-refractivity contribution in [3.8, 4) is 5.75 Å². The van der Waals surface area contributed by atoms with Crippen LogP contribution in [-0.4, -0.2) is 5.11 Å². The largest absolute Gasteiger partial charge is 0.506 e. The van der Waals surface area contributed by atoms with Crippen molar-refractivity contribution < 1.29 is 5.11 Å². The summed E-state index contributed by atoms with van der Waals surface area (Å²) in [5.74, 6) is 1.51. The predicted octanol–water partition coefficient (Wildman–Crippen LogP) is 8.25. The van der Waals surface area contributed by atoms with E-state index in [0.717, 1.165) is 26.8 Å². The Kier molecular flexibility index (Phi) is 7.29. The van der Waals surface area contributed by atoms with Gasteiger partial charge in [0.05, 0.1) is 5.02 Å². The number of phenols is 1. The molecule has 0 heterocycles. The Hall–Kier alpha value is -0.970. The van der Waals surface area contributed by atoms with Crippen LogP contribution in [0.4, 0.5) is 0 Å². The van der Waals surface area contributed by atoms with Gasteiger partial charge < -0.3 is 5.11 Å². The summed E-state index contributed by atoms with van der Waals surface area (Å²) in [5, 5.41) is 11.7. The fourth-order valence-electron chi connectivity index (χ4n) is 2.63. The second-order valence-corrected chi connectivity index (χ2v) is 9.37. The lowest BCUT2D eigenvalue weighted by Gasteiger charge is -2.11. The molecule has 0 aromatic heterocycles. The maximum Gasteiger partial charge on any atom is 0.138 e. The molecule has 0 unspecified atom stereocenters. The summed E-state index contributed by atoms with van der Waals surface area (Å²) < 4.78 is 0. The molecule has 3 rings (SSSR count). The van der Waals surface area contributed by atoms with Crippen LogP contribution in [0.2, 0.25) is 15.1 Å². The highest BCUT2D eigenvalue weighted by Gasteiger charge is 2.10. The number of hydrogen-bond acceptors (Lipinski definition) is 3. The van der Waals surface area contributed by atoms with Crippen LogP contribution in [0.1, 0.15) is 16.7 Å². The molecular weight excluding hydrogens is 439 g/mol. The van der Waals surface area contributed by atoms with Crippen LogP contribution in [0.15, 0.2) is 64.4 Å². The number of phenolic OH excluding ortho intramolecular Hbond substituents is 1. The van der Waals surface area contributed by atoms with Crippen molar-refractivity contribution in [3.63, 3.8) is 0 Å². The van der Waals surface area contributed by atoms with Gasteiger partial charge in [-0.15, -0.1) is 23.5 Å². The van der Waals surface area contributed by atoms with Crippen molar-refractivity contribution >= 4 is 58.3 Å². The molecule has 0 atom stereocenters. The molecule has 0 saturated carbocycles. The highest BCUT2D eigenvalue weighted by Crippen LogP contribution is 2.38. The number of halogens is 3. The fraction of sp³-hybridized carbons (Fsp3) is 0.143. The Bertz CT molecular complexity index is 940. The molecule has 0 saturated heterocycles. The standard InChI is InChI=1S/C21H17Cl3OS2/c1-13-6-14(8-16(22)7-13)11-26-19-4-2-3-5-20(19)27-12-15-9-17(23)10-18(24)21(15)25/h2-10,25H,11-12H2,1H3. The highest BCUT2D eigenvalue weighted by molar-refractivity contribution is 8.01. The monoisotopic (exact) mass is 454 g/mol. The summed E-state index contributed by atoms with van der Waals surface area (Å²) >= 11 is 21.7. The lowest BCUT2D eigenvalue weighted by Crippen LogP contribution is -1.87. The third kappa shape index (κ3) is 5.75. The SMILES string of the molecule is Cc1cc(Cl)cc(CSc2ccccc2SCc2cc(Cl)cc(Cl)c2O)c1. The average Bonchev–Trinajstić information content (AvgIpc) is 2.61. The van der Waals surface area contributed by atoms with Crippen LogP contribution in [-0.2, 0) is 11.5 Å². The van der Waals surface area contributed by atoms with Gasteiger partial charge >= 0.3 is 0 Å². The van der Waals surface area contributed by atoms with E-state index in [1.807, 2.05) is 31.2 Å². The Labute approximate surface area is 183 Å². The van der Waals surface area contributed by atoms with E-state index in [2.05, 4.69) is 18.2 Å². The van der Waals surface area contributed by atoms with E-state index in [4.69, 9.17) is 34.8 Å². The summed E-state index contributed by atoms with van der Waals surface area (Å²) in [6.45, 7) is 2.05. The predicted molar refractivity (Wildman–Crippen MR) is 120 cm³/mol. The van der Waals surface area contributed by atoms with Gasteiger partial charge in [-0.2, -0.15) is 0 Å². The van der Waals surface area contributed by atoms with Crippen LogP contribution in [0.25, 0.3) is 0 Å². The van der Waals surface area contributed by atoms with E-state index in [-0.39, 0.29) is 10.8 Å². The van der Waals surface area contributed by atoms with Crippen molar-refractivity contribution in [2.75, 3.05) is 0 Å². The molecule has 3 aromatic rings. The van der Waals surface area contributed by atoms with Gasteiger partial charge in [-0.3, -0.25) is 0 Å². The normalized spacial score (nSPS) is 11.0. The Morgan fingerprint density at radius 2 is 1.44 bits per heavy atom. The van der Waals surface area contributed by atoms with Crippen LogP contribution in [0, 0.1) is 6.92 Å². The van der Waals surface area contributed by atoms with Crippen molar-refractivity contribution in [2.45, 2.75) is 28.2 Å². The van der Waals surface area contributed by atoms with Gasteiger partial charge in [-0.25, -0.2) is 0 Å². The molecule has 0 aliphatic carbocycles. The molecule has 0 fully saturated rings. The molecule has 1 N–H and O–H groups in total. The van der Waals surface area contributed by atoms with Crippen molar-refractivity contribution in [3.05, 3.63) is 86.4 Å². The van der Waals surface area contributed by atoms with Gasteiger partial charge in [-0.1, -0.05) is 53.0 Å². The lowest BCUT2D eigenvalue weighted by molar-refractivity contribution is 0.471. The first kappa shape index (κ1) is 20.8. The number of aromatic hydroxyl groups is 1. The third-order valence-corrected chi connectivity index (χ3v) is 6.96. The van der Waals surface area contributed by atoms with Gasteiger partial charge in [0.15, 0.2) is 0 Å². The third-order valence-electron chi connectivity index (χ3n) is 3.84. The number of rotatable bonds is 6. The van der Waals surface area contributed by atoms with E-state index < -0.39 is 0 Å². The fourth-order valence-corrected chi connectivity index (χ4v) is 5.62. The minimum atomic E-state index is 0.0908. The van der Waals surface area contributed by atoms with Gasteiger partial charge in [0, 0.05) is 36.9 Å². The van der Waals surface area contributed by atoms with Crippen LogP contribution in [0.5, 0.6) is 5.75 Å². The molecule has 3 aromatic carbocycles. The van der Waals surface area contributed by atoms with E-state index in [1.54, 1.807) is 35.7 Å².